The summed E-state index contributed by atoms with van der Waals surface area (Å²) in [5.74, 6) is -1.40. The zero-order valence-corrected chi connectivity index (χ0v) is 19.9. The van der Waals surface area contributed by atoms with E-state index < -0.39 is 24.3 Å². The number of likely N-dealkylation sites (N-methyl/N-ethyl adjacent to an activating group) is 1. The normalized spacial score (nSPS) is 15.1. The molecule has 0 radical (unpaired) electrons. The number of likely N-dealkylation sites (tertiary alicyclic amines) is 1. The third-order valence-electron chi connectivity index (χ3n) is 4.81. The Morgan fingerprint density at radius 1 is 1.30 bits per heavy atom. The van der Waals surface area contributed by atoms with Crippen LogP contribution in [0.3, 0.4) is 0 Å². The van der Waals surface area contributed by atoms with Crippen molar-refractivity contribution in [3.63, 3.8) is 0 Å². The van der Waals surface area contributed by atoms with Gasteiger partial charge in [0.05, 0.1) is 24.5 Å². The van der Waals surface area contributed by atoms with Crippen molar-refractivity contribution in [3.8, 4) is 0 Å². The Balaban J connectivity index is 2.32. The van der Waals surface area contributed by atoms with E-state index in [0.717, 1.165) is 17.2 Å². The number of anilines is 1. The molecule has 1 aromatic heterocycles. The number of carboxylic acid groups (broad SMARTS) is 1. The van der Waals surface area contributed by atoms with E-state index in [4.69, 9.17) is 25.1 Å². The van der Waals surface area contributed by atoms with Crippen molar-refractivity contribution in [2.75, 3.05) is 37.7 Å². The lowest BCUT2D eigenvalue weighted by Crippen LogP contribution is -2.52. The Hall–Kier alpha value is -2.74. The number of aromatic nitrogens is 2. The molecule has 1 fully saturated rings. The second-order valence-electron chi connectivity index (χ2n) is 7.58. The summed E-state index contributed by atoms with van der Waals surface area (Å²) in [5.41, 5.74) is 1.62. The largest absolute Gasteiger partial charge is 0.481 e. The monoisotopic (exact) mass is 482 g/mol. The van der Waals surface area contributed by atoms with E-state index in [9.17, 15) is 9.59 Å². The van der Waals surface area contributed by atoms with Crippen molar-refractivity contribution in [2.24, 2.45) is 10.1 Å². The van der Waals surface area contributed by atoms with Gasteiger partial charge in [-0.05, 0) is 27.7 Å². The van der Waals surface area contributed by atoms with Gasteiger partial charge in [-0.3, -0.25) is 14.5 Å². The molecule has 3 N–H and O–H groups in total. The topological polar surface area (TPSA) is 161 Å². The molecular weight excluding hydrogens is 452 g/mol. The van der Waals surface area contributed by atoms with Gasteiger partial charge in [-0.2, -0.15) is 4.37 Å². The Kier molecular flexibility index (Phi) is 10.0. The first-order chi connectivity index (χ1) is 15.7. The quantitative estimate of drug-likeness (QED) is 0.126. The molecule has 1 aliphatic heterocycles. The molecular formula is C20H30N6O6S. The number of oxime groups is 1. The first kappa shape index (κ1) is 26.5. The van der Waals surface area contributed by atoms with Gasteiger partial charge in [0.1, 0.15) is 24.7 Å². The van der Waals surface area contributed by atoms with Crippen LogP contribution in [-0.4, -0.2) is 98.0 Å². The van der Waals surface area contributed by atoms with Gasteiger partial charge in [-0.15, -0.1) is 0 Å². The second kappa shape index (κ2) is 12.5. The highest BCUT2D eigenvalue weighted by Gasteiger charge is 2.31. The number of amidine groups is 1. The van der Waals surface area contributed by atoms with E-state index in [2.05, 4.69) is 14.5 Å². The first-order valence-electron chi connectivity index (χ1n) is 10.4. The molecule has 1 aliphatic rings. The van der Waals surface area contributed by atoms with E-state index in [-0.39, 0.29) is 25.0 Å². The molecule has 13 heteroatoms. The number of carboxylic acids is 1. The van der Waals surface area contributed by atoms with Crippen LogP contribution in [0.25, 0.3) is 0 Å². The minimum absolute atomic E-state index is 0.243. The summed E-state index contributed by atoms with van der Waals surface area (Å²) >= 11 is 1.15. The number of aliphatic imine (C=N–C) groups is 1. The fourth-order valence-electron chi connectivity index (χ4n) is 3.06. The van der Waals surface area contributed by atoms with Crippen molar-refractivity contribution in [1.82, 2.24) is 14.3 Å². The van der Waals surface area contributed by atoms with Gasteiger partial charge in [0.15, 0.2) is 11.9 Å². The Labute approximate surface area is 196 Å². The van der Waals surface area contributed by atoms with Gasteiger partial charge in [0.2, 0.25) is 5.13 Å². The van der Waals surface area contributed by atoms with E-state index in [0.29, 0.717) is 36.2 Å². The Bertz CT molecular complexity index is 900. The Morgan fingerprint density at radius 3 is 2.45 bits per heavy atom. The van der Waals surface area contributed by atoms with Gasteiger partial charge in [0, 0.05) is 31.2 Å². The highest BCUT2D eigenvalue weighted by atomic mass is 32.1. The van der Waals surface area contributed by atoms with Crippen LogP contribution in [0.1, 0.15) is 34.1 Å². The lowest BCUT2D eigenvalue weighted by Gasteiger charge is -2.36. The van der Waals surface area contributed by atoms with E-state index in [1.54, 1.807) is 18.7 Å². The average Bonchev–Trinajstić information content (AvgIpc) is 3.23. The molecule has 1 atom stereocenters. The van der Waals surface area contributed by atoms with Gasteiger partial charge >= 0.3 is 5.97 Å². The summed E-state index contributed by atoms with van der Waals surface area (Å²) in [7, 11) is 0. The number of carbonyl (C=O) groups excluding carboxylic acids is 1. The molecule has 1 saturated heterocycles. The van der Waals surface area contributed by atoms with E-state index >= 15 is 0 Å². The smallest absolute Gasteiger partial charge is 0.311 e. The number of aliphatic hydroxyl groups excluding tert-OH is 2. The van der Waals surface area contributed by atoms with Crippen LogP contribution in [0.15, 0.2) is 27.6 Å². The van der Waals surface area contributed by atoms with Crippen LogP contribution in [0.2, 0.25) is 0 Å². The number of ketones is 1. The summed E-state index contributed by atoms with van der Waals surface area (Å²) in [5, 5.41) is 31.8. The number of allylic oxidation sites excluding steroid dienone is 1. The lowest BCUT2D eigenvalue weighted by atomic mass is 10.0. The Morgan fingerprint density at radius 2 is 1.97 bits per heavy atom. The highest BCUT2D eigenvalue weighted by molar-refractivity contribution is 7.09. The standard InChI is InChI=1S/C20H30N6O6S/c1-5-26(20-21-11-22-33-20)19(18(12(2)3)16(29)6-17(30)31)23-13(4)25-7-14(8-25)24-32-15(9-27)10-28/h11,13,15,27-28H,5-10H2,1-4H3,(H,30,31)/b23-19+. The third kappa shape index (κ3) is 7.12. The summed E-state index contributed by atoms with van der Waals surface area (Å²) in [6, 6.07) is 0. The number of carbonyl (C=O) groups is 2. The fraction of sp³-hybridized carbons (Fsp3) is 0.600. The van der Waals surface area contributed by atoms with Crippen molar-refractivity contribution < 1.29 is 29.7 Å². The van der Waals surface area contributed by atoms with Crippen LogP contribution in [0.4, 0.5) is 5.13 Å². The second-order valence-corrected chi connectivity index (χ2v) is 8.33. The minimum atomic E-state index is -1.21. The van der Waals surface area contributed by atoms with Crippen molar-refractivity contribution in [1.29, 1.82) is 0 Å². The molecule has 1 aromatic rings. The predicted molar refractivity (Wildman–Crippen MR) is 124 cm³/mol. The number of rotatable bonds is 12. The van der Waals surface area contributed by atoms with Gasteiger partial charge in [-0.25, -0.2) is 9.98 Å². The zero-order valence-electron chi connectivity index (χ0n) is 19.1. The van der Waals surface area contributed by atoms with Gasteiger partial charge in [0.25, 0.3) is 0 Å². The lowest BCUT2D eigenvalue weighted by molar-refractivity contribution is -0.139. The van der Waals surface area contributed by atoms with Crippen LogP contribution in [0.5, 0.6) is 0 Å². The fourth-order valence-corrected chi connectivity index (χ4v) is 3.66. The summed E-state index contributed by atoms with van der Waals surface area (Å²) in [6.07, 6.45) is -0.357. The first-order valence-corrected chi connectivity index (χ1v) is 11.2. The average molecular weight is 483 g/mol. The minimum Gasteiger partial charge on any atom is -0.481 e. The van der Waals surface area contributed by atoms with E-state index in [1.807, 2.05) is 18.7 Å². The van der Waals surface area contributed by atoms with Crippen LogP contribution >= 0.6 is 11.5 Å². The maximum absolute atomic E-state index is 12.9. The summed E-state index contributed by atoms with van der Waals surface area (Å²) < 4.78 is 4.03. The summed E-state index contributed by atoms with van der Waals surface area (Å²) in [6.45, 7) is 7.92. The molecule has 12 nitrogen and oxygen atoms in total. The van der Waals surface area contributed by atoms with Gasteiger partial charge in [-0.1, -0.05) is 10.7 Å². The molecule has 0 bridgehead atoms. The maximum atomic E-state index is 12.9. The van der Waals surface area contributed by atoms with Gasteiger partial charge < -0.3 is 25.1 Å². The molecule has 1 unspecified atom stereocenters. The predicted octanol–water partition coefficient (Wildman–Crippen LogP) is 0.531. The number of hydrogen-bond acceptors (Lipinski definition) is 11. The highest BCUT2D eigenvalue weighted by Crippen LogP contribution is 2.23. The molecule has 0 spiro atoms. The number of aliphatic hydroxyl groups is 2. The number of nitrogens with zero attached hydrogens (tertiary/aromatic N) is 6. The van der Waals surface area contributed by atoms with Crippen molar-refractivity contribution in [2.45, 2.75) is 46.4 Å². The maximum Gasteiger partial charge on any atom is 0.311 e. The SMILES string of the molecule is CCN(/C(=N/C(C)N1CC(=NOC(CO)CO)C1)C(C(=O)CC(=O)O)=C(C)C)c1ncns1. The van der Waals surface area contributed by atoms with E-state index in [1.165, 1.54) is 6.33 Å². The molecule has 182 valence electrons. The van der Waals surface area contributed by atoms with Crippen LogP contribution in [0, 0.1) is 0 Å². The number of aliphatic carboxylic acids is 1. The molecule has 33 heavy (non-hydrogen) atoms. The zero-order chi connectivity index (χ0) is 24.5. The molecule has 2 rings (SSSR count). The third-order valence-corrected chi connectivity index (χ3v) is 5.50. The molecule has 0 amide bonds. The van der Waals surface area contributed by atoms with Crippen LogP contribution in [-0.2, 0) is 14.4 Å². The molecule has 0 aliphatic carbocycles. The number of Topliss-reactive ketones (excluding diaryl/α,β-unsaturated/α-hetero) is 1. The molecule has 0 saturated carbocycles. The van der Waals surface area contributed by atoms with Crippen molar-refractivity contribution in [3.05, 3.63) is 17.5 Å². The summed E-state index contributed by atoms with van der Waals surface area (Å²) in [4.78, 5) is 41.9. The number of hydrogen-bond donors (Lipinski definition) is 3. The van der Waals surface area contributed by atoms with Crippen molar-refractivity contribution >= 4 is 40.0 Å². The molecule has 2 heterocycles. The van der Waals surface area contributed by atoms with Crippen LogP contribution < -0.4 is 4.90 Å². The molecule has 0 aromatic carbocycles.